The summed E-state index contributed by atoms with van der Waals surface area (Å²) in [5.41, 5.74) is 0.491. The van der Waals surface area contributed by atoms with Crippen LogP contribution in [0.4, 0.5) is 0 Å². The number of hydrogen-bond acceptors (Lipinski definition) is 4. The Balaban J connectivity index is 1.28. The molecular weight excluding hydrogens is 368 g/mol. The van der Waals surface area contributed by atoms with Crippen LogP contribution in [-0.2, 0) is 11.2 Å². The lowest BCUT2D eigenvalue weighted by Gasteiger charge is -2.56. The highest BCUT2D eigenvalue weighted by Crippen LogP contribution is 2.61. The molecule has 5 fully saturated rings. The SMILES string of the molecule is CC(C)CNC(=O)CSc1nnc(CC23CC4CC(CC(C4)C2)C3)n1C1CC1. The van der Waals surface area contributed by atoms with Crippen molar-refractivity contribution in [3.8, 4) is 0 Å². The maximum Gasteiger partial charge on any atom is 0.230 e. The number of nitrogens with one attached hydrogen (secondary N) is 1. The van der Waals surface area contributed by atoms with E-state index in [2.05, 4.69) is 33.9 Å². The zero-order valence-electron chi connectivity index (χ0n) is 17.3. The van der Waals surface area contributed by atoms with Crippen LogP contribution in [-0.4, -0.2) is 33.0 Å². The van der Waals surface area contributed by atoms with Gasteiger partial charge >= 0.3 is 0 Å². The predicted octanol–water partition coefficient (Wildman–Crippen LogP) is 4.24. The van der Waals surface area contributed by atoms with E-state index >= 15 is 0 Å². The lowest BCUT2D eigenvalue weighted by atomic mass is 9.49. The molecule has 0 radical (unpaired) electrons. The number of carbonyl (C=O) groups is 1. The Hall–Kier alpha value is -1.04. The molecule has 5 aliphatic rings. The first-order chi connectivity index (χ1) is 13.5. The van der Waals surface area contributed by atoms with E-state index in [1.807, 2.05) is 0 Å². The predicted molar refractivity (Wildman–Crippen MR) is 111 cm³/mol. The van der Waals surface area contributed by atoms with E-state index in [1.54, 1.807) is 11.8 Å². The maximum atomic E-state index is 12.1. The van der Waals surface area contributed by atoms with Crippen LogP contribution in [0.1, 0.15) is 77.1 Å². The third-order valence-electron chi connectivity index (χ3n) is 7.39. The van der Waals surface area contributed by atoms with Crippen molar-refractivity contribution in [1.29, 1.82) is 0 Å². The van der Waals surface area contributed by atoms with Crippen LogP contribution < -0.4 is 5.32 Å². The highest BCUT2D eigenvalue weighted by Gasteiger charge is 2.51. The topological polar surface area (TPSA) is 59.8 Å². The Morgan fingerprint density at radius 2 is 1.79 bits per heavy atom. The van der Waals surface area contributed by atoms with E-state index in [4.69, 9.17) is 0 Å². The molecule has 5 saturated carbocycles. The second-order valence-electron chi connectivity index (χ2n) is 10.6. The first kappa shape index (κ1) is 19.0. The lowest BCUT2D eigenvalue weighted by molar-refractivity contribution is -0.118. The Labute approximate surface area is 172 Å². The van der Waals surface area contributed by atoms with E-state index in [0.717, 1.165) is 35.9 Å². The fourth-order valence-electron chi connectivity index (χ4n) is 6.57. The summed E-state index contributed by atoms with van der Waals surface area (Å²) in [6.07, 6.45) is 12.3. The number of nitrogens with zero attached hydrogens (tertiary/aromatic N) is 3. The molecule has 1 aromatic rings. The first-order valence-corrected chi connectivity index (χ1v) is 12.3. The molecule has 1 aromatic heterocycles. The molecule has 0 spiro atoms. The smallest absolute Gasteiger partial charge is 0.230 e. The van der Waals surface area contributed by atoms with Crippen LogP contribution in [0.2, 0.25) is 0 Å². The molecule has 1 N–H and O–H groups in total. The Morgan fingerprint density at radius 3 is 2.36 bits per heavy atom. The highest BCUT2D eigenvalue weighted by atomic mass is 32.2. The van der Waals surface area contributed by atoms with Crippen LogP contribution in [0.25, 0.3) is 0 Å². The zero-order valence-corrected chi connectivity index (χ0v) is 18.1. The van der Waals surface area contributed by atoms with E-state index in [0.29, 0.717) is 23.1 Å². The van der Waals surface area contributed by atoms with Gasteiger partial charge in [0, 0.05) is 19.0 Å². The molecule has 5 nitrogen and oxygen atoms in total. The molecule has 6 rings (SSSR count). The summed E-state index contributed by atoms with van der Waals surface area (Å²) in [5.74, 6) is 5.15. The fraction of sp³-hybridized carbons (Fsp3) is 0.864. The average Bonchev–Trinajstić information content (AvgIpc) is 3.38. The molecule has 0 atom stereocenters. The maximum absolute atomic E-state index is 12.1. The normalized spacial score (nSPS) is 33.6. The quantitative estimate of drug-likeness (QED) is 0.661. The molecule has 1 heterocycles. The van der Waals surface area contributed by atoms with Gasteiger partial charge in [-0.15, -0.1) is 10.2 Å². The lowest BCUT2D eigenvalue weighted by Crippen LogP contribution is -2.47. The van der Waals surface area contributed by atoms with Crippen LogP contribution in [0.3, 0.4) is 0 Å². The number of hydrogen-bond donors (Lipinski definition) is 1. The van der Waals surface area contributed by atoms with Gasteiger partial charge in [0.2, 0.25) is 5.91 Å². The molecule has 0 unspecified atom stereocenters. The van der Waals surface area contributed by atoms with Gasteiger partial charge in [-0.2, -0.15) is 0 Å². The second-order valence-corrected chi connectivity index (χ2v) is 11.5. The number of amides is 1. The van der Waals surface area contributed by atoms with Crippen LogP contribution in [0.15, 0.2) is 5.16 Å². The van der Waals surface area contributed by atoms with E-state index < -0.39 is 0 Å². The van der Waals surface area contributed by atoms with Gasteiger partial charge in [0.05, 0.1) is 5.75 Å². The second kappa shape index (κ2) is 7.33. The minimum atomic E-state index is 0.103. The number of rotatable bonds is 8. The minimum absolute atomic E-state index is 0.103. The minimum Gasteiger partial charge on any atom is -0.355 e. The van der Waals surface area contributed by atoms with Gasteiger partial charge in [0.1, 0.15) is 5.82 Å². The third kappa shape index (κ3) is 3.86. The molecule has 4 bridgehead atoms. The molecule has 0 aliphatic heterocycles. The van der Waals surface area contributed by atoms with Crippen LogP contribution in [0.5, 0.6) is 0 Å². The van der Waals surface area contributed by atoms with Crippen LogP contribution in [0, 0.1) is 29.1 Å². The molecule has 5 aliphatic carbocycles. The average molecular weight is 403 g/mol. The van der Waals surface area contributed by atoms with Crippen molar-refractivity contribution in [3.63, 3.8) is 0 Å². The van der Waals surface area contributed by atoms with Gasteiger partial charge < -0.3 is 9.88 Å². The van der Waals surface area contributed by atoms with Crippen molar-refractivity contribution in [2.24, 2.45) is 29.1 Å². The van der Waals surface area contributed by atoms with Gasteiger partial charge in [-0.25, -0.2) is 0 Å². The van der Waals surface area contributed by atoms with Crippen LogP contribution >= 0.6 is 11.8 Å². The van der Waals surface area contributed by atoms with Gasteiger partial charge in [0.25, 0.3) is 0 Å². The summed E-state index contributed by atoms with van der Waals surface area (Å²) in [6, 6.07) is 0.570. The van der Waals surface area contributed by atoms with Gasteiger partial charge in [-0.1, -0.05) is 25.6 Å². The van der Waals surface area contributed by atoms with Crippen molar-refractivity contribution in [2.45, 2.75) is 82.8 Å². The summed E-state index contributed by atoms with van der Waals surface area (Å²) in [6.45, 7) is 4.98. The Kier molecular flexibility index (Phi) is 4.96. The van der Waals surface area contributed by atoms with E-state index in [9.17, 15) is 4.79 Å². The van der Waals surface area contributed by atoms with Crippen molar-refractivity contribution < 1.29 is 4.79 Å². The standard InChI is InChI=1S/C22H34N4OS/c1-14(2)12-23-20(27)13-28-21-25-24-19(26(21)18-3-4-18)11-22-8-15-5-16(9-22)7-17(6-15)10-22/h14-18H,3-13H2,1-2H3,(H,23,27). The summed E-state index contributed by atoms with van der Waals surface area (Å²) in [5, 5.41) is 13.2. The zero-order chi connectivity index (χ0) is 19.3. The molecular formula is C22H34N4OS. The van der Waals surface area contributed by atoms with Crippen molar-refractivity contribution >= 4 is 17.7 Å². The Morgan fingerprint density at radius 1 is 1.14 bits per heavy atom. The molecule has 0 aromatic carbocycles. The number of aromatic nitrogens is 3. The molecule has 0 saturated heterocycles. The first-order valence-electron chi connectivity index (χ1n) is 11.3. The molecule has 6 heteroatoms. The molecule has 28 heavy (non-hydrogen) atoms. The monoisotopic (exact) mass is 402 g/mol. The molecule has 1 amide bonds. The molecule has 154 valence electrons. The van der Waals surface area contributed by atoms with E-state index in [-0.39, 0.29) is 5.91 Å². The van der Waals surface area contributed by atoms with Gasteiger partial charge in [-0.05, 0) is 80.5 Å². The van der Waals surface area contributed by atoms with Gasteiger partial charge in [0.15, 0.2) is 5.16 Å². The summed E-state index contributed by atoms with van der Waals surface area (Å²) >= 11 is 1.57. The van der Waals surface area contributed by atoms with Crippen molar-refractivity contribution in [1.82, 2.24) is 20.1 Å². The third-order valence-corrected chi connectivity index (χ3v) is 8.33. The van der Waals surface area contributed by atoms with Crippen molar-refractivity contribution in [2.75, 3.05) is 12.3 Å². The summed E-state index contributed by atoms with van der Waals surface area (Å²) < 4.78 is 2.40. The fourth-order valence-corrected chi connectivity index (χ4v) is 7.42. The van der Waals surface area contributed by atoms with Gasteiger partial charge in [-0.3, -0.25) is 4.79 Å². The number of carbonyl (C=O) groups excluding carboxylic acids is 1. The largest absolute Gasteiger partial charge is 0.355 e. The number of thioether (sulfide) groups is 1. The Bertz CT molecular complexity index is 704. The van der Waals surface area contributed by atoms with Crippen molar-refractivity contribution in [3.05, 3.63) is 5.82 Å². The highest BCUT2D eigenvalue weighted by molar-refractivity contribution is 7.99. The summed E-state index contributed by atoms with van der Waals surface area (Å²) in [7, 11) is 0. The summed E-state index contributed by atoms with van der Waals surface area (Å²) in [4.78, 5) is 12.1. The van der Waals surface area contributed by atoms with E-state index in [1.165, 1.54) is 57.2 Å².